The normalized spacial score (nSPS) is 12.2. The molecule has 20 heavy (non-hydrogen) atoms. The summed E-state index contributed by atoms with van der Waals surface area (Å²) in [6.07, 6.45) is 0. The molecule has 0 radical (unpaired) electrons. The minimum absolute atomic E-state index is 0.434. The zero-order chi connectivity index (χ0) is 14.7. The van der Waals surface area contributed by atoms with Crippen LogP contribution in [0.4, 0.5) is 5.69 Å². The fourth-order valence-corrected chi connectivity index (χ4v) is 3.14. The maximum Gasteiger partial charge on any atom is 0.121 e. The molecular weight excluding hydrogens is 270 g/mol. The third kappa shape index (κ3) is 3.39. The van der Waals surface area contributed by atoms with Gasteiger partial charge in [0.15, 0.2) is 0 Å². The van der Waals surface area contributed by atoms with Crippen molar-refractivity contribution in [2.45, 2.75) is 24.5 Å². The van der Waals surface area contributed by atoms with Crippen molar-refractivity contribution in [3.63, 3.8) is 0 Å². The molecule has 0 aliphatic heterocycles. The van der Waals surface area contributed by atoms with Crippen molar-refractivity contribution < 1.29 is 8.95 Å². The number of rotatable bonds is 4. The standard InChI is InChI=1S/C16H19NO2S/c1-11-4-5-16(6-12(11)2)20(18)10-13-7-14(17)9-15(8-13)19-3/h4-9H,10,17H2,1-3H3. The highest BCUT2D eigenvalue weighted by Gasteiger charge is 2.08. The summed E-state index contributed by atoms with van der Waals surface area (Å²) in [5, 5.41) is 0. The Hall–Kier alpha value is -1.81. The molecule has 0 fully saturated rings. The monoisotopic (exact) mass is 289 g/mol. The highest BCUT2D eigenvalue weighted by atomic mass is 32.2. The predicted octanol–water partition coefficient (Wildman–Crippen LogP) is 3.20. The lowest BCUT2D eigenvalue weighted by atomic mass is 10.1. The minimum Gasteiger partial charge on any atom is -0.497 e. The maximum absolute atomic E-state index is 12.4. The van der Waals surface area contributed by atoms with Crippen LogP contribution in [0.25, 0.3) is 0 Å². The Kier molecular flexibility index (Phi) is 4.45. The number of hydrogen-bond acceptors (Lipinski definition) is 3. The second kappa shape index (κ2) is 6.09. The summed E-state index contributed by atoms with van der Waals surface area (Å²) >= 11 is 0. The van der Waals surface area contributed by atoms with Crippen LogP contribution in [-0.2, 0) is 16.6 Å². The number of nitrogen functional groups attached to an aromatic ring is 1. The molecular formula is C16H19NO2S. The van der Waals surface area contributed by atoms with Crippen LogP contribution in [0.2, 0.25) is 0 Å². The molecule has 0 aliphatic carbocycles. The van der Waals surface area contributed by atoms with Crippen LogP contribution in [-0.4, -0.2) is 11.3 Å². The lowest BCUT2D eigenvalue weighted by molar-refractivity contribution is 0.414. The summed E-state index contributed by atoms with van der Waals surface area (Å²) in [5.74, 6) is 1.13. The van der Waals surface area contributed by atoms with Crippen molar-refractivity contribution in [1.82, 2.24) is 0 Å². The van der Waals surface area contributed by atoms with Crippen LogP contribution in [0.1, 0.15) is 16.7 Å². The number of anilines is 1. The molecule has 1 atom stereocenters. The summed E-state index contributed by atoms with van der Waals surface area (Å²) in [5.41, 5.74) is 9.71. The lowest BCUT2D eigenvalue weighted by Gasteiger charge is -2.08. The van der Waals surface area contributed by atoms with Gasteiger partial charge in [-0.2, -0.15) is 0 Å². The van der Waals surface area contributed by atoms with Gasteiger partial charge in [-0.15, -0.1) is 0 Å². The molecule has 0 aliphatic rings. The number of benzene rings is 2. The van der Waals surface area contributed by atoms with Gasteiger partial charge in [0.1, 0.15) is 5.75 Å². The number of methoxy groups -OCH3 is 1. The zero-order valence-corrected chi connectivity index (χ0v) is 12.8. The molecule has 0 aromatic heterocycles. The molecule has 4 heteroatoms. The number of ether oxygens (including phenoxy) is 1. The Morgan fingerprint density at radius 3 is 2.50 bits per heavy atom. The third-order valence-electron chi connectivity index (χ3n) is 3.26. The summed E-state index contributed by atoms with van der Waals surface area (Å²) < 4.78 is 17.6. The average molecular weight is 289 g/mol. The van der Waals surface area contributed by atoms with Crippen molar-refractivity contribution in [3.8, 4) is 5.75 Å². The van der Waals surface area contributed by atoms with Crippen molar-refractivity contribution in [2.75, 3.05) is 12.8 Å². The van der Waals surface area contributed by atoms with Gasteiger partial charge in [-0.1, -0.05) is 6.07 Å². The van der Waals surface area contributed by atoms with Gasteiger partial charge in [0.05, 0.1) is 23.7 Å². The van der Waals surface area contributed by atoms with E-state index in [1.54, 1.807) is 13.2 Å². The topological polar surface area (TPSA) is 52.3 Å². The van der Waals surface area contributed by atoms with Crippen molar-refractivity contribution in [3.05, 3.63) is 53.1 Å². The molecule has 0 bridgehead atoms. The maximum atomic E-state index is 12.4. The van der Waals surface area contributed by atoms with E-state index < -0.39 is 10.8 Å². The van der Waals surface area contributed by atoms with E-state index in [-0.39, 0.29) is 0 Å². The van der Waals surface area contributed by atoms with Gasteiger partial charge in [-0.3, -0.25) is 4.21 Å². The van der Waals surface area contributed by atoms with E-state index in [4.69, 9.17) is 10.5 Å². The fraction of sp³-hybridized carbons (Fsp3) is 0.250. The fourth-order valence-electron chi connectivity index (χ4n) is 1.98. The van der Waals surface area contributed by atoms with Gasteiger partial charge < -0.3 is 10.5 Å². The molecule has 0 saturated carbocycles. The van der Waals surface area contributed by atoms with Gasteiger partial charge in [0.2, 0.25) is 0 Å². The first kappa shape index (κ1) is 14.6. The van der Waals surface area contributed by atoms with Gasteiger partial charge in [0.25, 0.3) is 0 Å². The van der Waals surface area contributed by atoms with Crippen LogP contribution < -0.4 is 10.5 Å². The number of hydrogen-bond donors (Lipinski definition) is 1. The Bertz CT molecular complexity index is 653. The van der Waals surface area contributed by atoms with Crippen LogP contribution in [0, 0.1) is 13.8 Å². The van der Waals surface area contributed by atoms with Gasteiger partial charge in [-0.25, -0.2) is 0 Å². The zero-order valence-electron chi connectivity index (χ0n) is 12.0. The predicted molar refractivity (Wildman–Crippen MR) is 83.4 cm³/mol. The molecule has 2 aromatic rings. The lowest BCUT2D eigenvalue weighted by Crippen LogP contribution is -1.99. The van der Waals surface area contributed by atoms with Gasteiger partial charge in [-0.05, 0) is 54.8 Å². The first-order valence-electron chi connectivity index (χ1n) is 6.38. The van der Waals surface area contributed by atoms with E-state index in [2.05, 4.69) is 0 Å². The van der Waals surface area contributed by atoms with E-state index in [0.29, 0.717) is 17.2 Å². The second-order valence-corrected chi connectivity index (χ2v) is 6.30. The van der Waals surface area contributed by atoms with E-state index in [1.807, 2.05) is 44.2 Å². The molecule has 2 N–H and O–H groups in total. The first-order chi connectivity index (χ1) is 9.49. The summed E-state index contributed by atoms with van der Waals surface area (Å²) in [7, 11) is 0.514. The molecule has 2 aromatic carbocycles. The summed E-state index contributed by atoms with van der Waals surface area (Å²) in [4.78, 5) is 0.842. The molecule has 0 spiro atoms. The third-order valence-corrected chi connectivity index (χ3v) is 4.64. The van der Waals surface area contributed by atoms with Crippen LogP contribution in [0.5, 0.6) is 5.75 Å². The molecule has 2 rings (SSSR count). The van der Waals surface area contributed by atoms with Crippen molar-refractivity contribution >= 4 is 16.5 Å². The Balaban J connectivity index is 2.23. The van der Waals surface area contributed by atoms with Crippen molar-refractivity contribution in [2.24, 2.45) is 0 Å². The van der Waals surface area contributed by atoms with E-state index in [0.717, 1.165) is 16.0 Å². The van der Waals surface area contributed by atoms with Crippen LogP contribution in [0.15, 0.2) is 41.3 Å². The Labute approximate surface area is 122 Å². The number of aryl methyl sites for hydroxylation is 2. The molecule has 106 valence electrons. The SMILES string of the molecule is COc1cc(N)cc(CS(=O)c2ccc(C)c(C)c2)c1. The average Bonchev–Trinajstić information content (AvgIpc) is 2.41. The molecule has 0 heterocycles. The van der Waals surface area contributed by atoms with Crippen molar-refractivity contribution in [1.29, 1.82) is 0 Å². The van der Waals surface area contributed by atoms with Gasteiger partial charge in [0, 0.05) is 16.6 Å². The highest BCUT2D eigenvalue weighted by Crippen LogP contribution is 2.22. The molecule has 1 unspecified atom stereocenters. The molecule has 0 saturated heterocycles. The Morgan fingerprint density at radius 1 is 1.10 bits per heavy atom. The minimum atomic E-state index is -1.08. The Morgan fingerprint density at radius 2 is 1.85 bits per heavy atom. The van der Waals surface area contributed by atoms with E-state index >= 15 is 0 Å². The molecule has 0 amide bonds. The largest absolute Gasteiger partial charge is 0.497 e. The van der Waals surface area contributed by atoms with E-state index in [1.165, 1.54) is 5.56 Å². The number of nitrogens with two attached hydrogens (primary N) is 1. The van der Waals surface area contributed by atoms with E-state index in [9.17, 15) is 4.21 Å². The quantitative estimate of drug-likeness (QED) is 0.879. The first-order valence-corrected chi connectivity index (χ1v) is 7.70. The van der Waals surface area contributed by atoms with Crippen LogP contribution in [0.3, 0.4) is 0 Å². The van der Waals surface area contributed by atoms with Crippen LogP contribution >= 0.6 is 0 Å². The summed E-state index contributed by atoms with van der Waals surface area (Å²) in [6, 6.07) is 11.4. The van der Waals surface area contributed by atoms with Gasteiger partial charge >= 0.3 is 0 Å². The highest BCUT2D eigenvalue weighted by molar-refractivity contribution is 7.84. The smallest absolute Gasteiger partial charge is 0.121 e. The summed E-state index contributed by atoms with van der Waals surface area (Å²) in [6.45, 7) is 4.07. The second-order valence-electron chi connectivity index (χ2n) is 4.85. The molecule has 3 nitrogen and oxygen atoms in total.